The van der Waals surface area contributed by atoms with Crippen molar-refractivity contribution >= 4 is 0 Å². The van der Waals surface area contributed by atoms with Crippen molar-refractivity contribution in [2.45, 2.75) is 63.4 Å². The monoisotopic (exact) mass is 329 g/mol. The van der Waals surface area contributed by atoms with Crippen LogP contribution in [0.25, 0.3) is 0 Å². The lowest BCUT2D eigenvalue weighted by Crippen LogP contribution is -2.51. The van der Waals surface area contributed by atoms with Crippen LogP contribution in [0.2, 0.25) is 0 Å². The van der Waals surface area contributed by atoms with Gasteiger partial charge in [-0.1, -0.05) is 13.0 Å². The number of rotatable bonds is 3. The minimum absolute atomic E-state index is 0.0531. The van der Waals surface area contributed by atoms with Gasteiger partial charge >= 0.3 is 0 Å². The number of aryl methyl sites for hydroxylation is 1. The van der Waals surface area contributed by atoms with Gasteiger partial charge in [-0.3, -0.25) is 0 Å². The fourth-order valence-corrected chi connectivity index (χ4v) is 6.45. The summed E-state index contributed by atoms with van der Waals surface area (Å²) >= 11 is 0. The highest BCUT2D eigenvalue weighted by Gasteiger charge is 2.60. The zero-order valence-corrected chi connectivity index (χ0v) is 15.1. The minimum Gasteiger partial charge on any atom is -0.497 e. The van der Waals surface area contributed by atoms with Crippen LogP contribution >= 0.6 is 0 Å². The summed E-state index contributed by atoms with van der Waals surface area (Å²) in [5.74, 6) is 3.00. The summed E-state index contributed by atoms with van der Waals surface area (Å²) in [6.45, 7) is 2.94. The first kappa shape index (κ1) is 16.4. The molecule has 5 unspecified atom stereocenters. The van der Waals surface area contributed by atoms with E-state index in [2.05, 4.69) is 25.1 Å². The predicted molar refractivity (Wildman–Crippen MR) is 96.2 cm³/mol. The lowest BCUT2D eigenvalue weighted by atomic mass is 9.53. The van der Waals surface area contributed by atoms with Gasteiger partial charge in [0.05, 0.1) is 12.7 Å². The summed E-state index contributed by atoms with van der Waals surface area (Å²) < 4.78 is 5.41. The topological polar surface area (TPSA) is 55.5 Å². The van der Waals surface area contributed by atoms with Gasteiger partial charge in [0.25, 0.3) is 0 Å². The Balaban J connectivity index is 1.65. The zero-order chi connectivity index (χ0) is 16.9. The van der Waals surface area contributed by atoms with Crippen molar-refractivity contribution in [3.8, 4) is 5.75 Å². The SMILES string of the molecule is COc1ccc2c(c1)CCC1C2CCC2(C)C1CCC2(O)CCN. The fraction of sp³-hybridized carbons (Fsp3) is 0.714. The van der Waals surface area contributed by atoms with Gasteiger partial charge in [0.2, 0.25) is 0 Å². The predicted octanol–water partition coefficient (Wildman–Crippen LogP) is 3.63. The van der Waals surface area contributed by atoms with Crippen molar-refractivity contribution in [2.24, 2.45) is 23.0 Å². The molecular formula is C21H31NO2. The van der Waals surface area contributed by atoms with E-state index in [1.165, 1.54) is 24.8 Å². The van der Waals surface area contributed by atoms with Gasteiger partial charge in [0, 0.05) is 0 Å². The van der Waals surface area contributed by atoms with Crippen LogP contribution in [0.4, 0.5) is 0 Å². The molecule has 3 heteroatoms. The molecule has 1 aromatic rings. The van der Waals surface area contributed by atoms with E-state index in [4.69, 9.17) is 10.5 Å². The Morgan fingerprint density at radius 3 is 2.83 bits per heavy atom. The molecule has 3 aliphatic carbocycles. The fourth-order valence-electron chi connectivity index (χ4n) is 6.45. The molecule has 2 saturated carbocycles. The Kier molecular flexibility index (Phi) is 3.92. The second-order valence-electron chi connectivity index (χ2n) is 8.55. The number of nitrogens with two attached hydrogens (primary N) is 1. The van der Waals surface area contributed by atoms with E-state index in [-0.39, 0.29) is 5.41 Å². The van der Waals surface area contributed by atoms with E-state index in [0.29, 0.717) is 18.4 Å². The van der Waals surface area contributed by atoms with Gasteiger partial charge in [-0.25, -0.2) is 0 Å². The molecule has 132 valence electrons. The Hall–Kier alpha value is -1.06. The summed E-state index contributed by atoms with van der Waals surface area (Å²) in [6, 6.07) is 6.65. The molecule has 2 fully saturated rings. The van der Waals surface area contributed by atoms with E-state index < -0.39 is 5.60 Å². The highest BCUT2D eigenvalue weighted by molar-refractivity contribution is 5.40. The first-order valence-corrected chi connectivity index (χ1v) is 9.62. The molecule has 0 spiro atoms. The van der Waals surface area contributed by atoms with Crippen LogP contribution in [0, 0.1) is 17.3 Å². The average Bonchev–Trinajstić information content (AvgIpc) is 2.86. The van der Waals surface area contributed by atoms with Crippen molar-refractivity contribution in [3.05, 3.63) is 29.3 Å². The third-order valence-electron chi connectivity index (χ3n) is 7.81. The second kappa shape index (κ2) is 5.74. The van der Waals surface area contributed by atoms with Gasteiger partial charge in [-0.2, -0.15) is 0 Å². The summed E-state index contributed by atoms with van der Waals surface area (Å²) in [7, 11) is 1.75. The van der Waals surface area contributed by atoms with Crippen LogP contribution in [-0.2, 0) is 6.42 Å². The lowest BCUT2D eigenvalue weighted by molar-refractivity contribution is -0.105. The Bertz CT molecular complexity index is 630. The zero-order valence-electron chi connectivity index (χ0n) is 15.1. The summed E-state index contributed by atoms with van der Waals surface area (Å²) in [4.78, 5) is 0. The third kappa shape index (κ3) is 2.17. The molecule has 0 amide bonds. The number of aliphatic hydroxyl groups is 1. The molecule has 0 aliphatic heterocycles. The highest BCUT2D eigenvalue weighted by atomic mass is 16.5. The number of ether oxygens (including phenoxy) is 1. The van der Waals surface area contributed by atoms with Crippen LogP contribution in [-0.4, -0.2) is 24.4 Å². The first-order chi connectivity index (χ1) is 11.5. The molecular weight excluding hydrogens is 298 g/mol. The number of hydrogen-bond acceptors (Lipinski definition) is 3. The summed E-state index contributed by atoms with van der Waals surface area (Å²) in [6.07, 6.45) is 7.58. The van der Waals surface area contributed by atoms with E-state index in [1.54, 1.807) is 12.7 Å². The quantitative estimate of drug-likeness (QED) is 0.890. The number of fused-ring (bicyclic) bond motifs is 5. The molecule has 5 atom stereocenters. The summed E-state index contributed by atoms with van der Waals surface area (Å²) in [5.41, 5.74) is 8.36. The van der Waals surface area contributed by atoms with Crippen LogP contribution in [0.5, 0.6) is 5.75 Å². The van der Waals surface area contributed by atoms with Crippen molar-refractivity contribution in [1.82, 2.24) is 0 Å². The minimum atomic E-state index is -0.544. The average molecular weight is 329 g/mol. The van der Waals surface area contributed by atoms with Crippen molar-refractivity contribution in [1.29, 1.82) is 0 Å². The smallest absolute Gasteiger partial charge is 0.119 e. The van der Waals surface area contributed by atoms with Crippen molar-refractivity contribution in [2.75, 3.05) is 13.7 Å². The van der Waals surface area contributed by atoms with Gasteiger partial charge < -0.3 is 15.6 Å². The molecule has 0 saturated heterocycles. The van der Waals surface area contributed by atoms with Gasteiger partial charge in [0.1, 0.15) is 5.75 Å². The third-order valence-corrected chi connectivity index (χ3v) is 7.81. The highest BCUT2D eigenvalue weighted by Crippen LogP contribution is 2.64. The normalized spacial score (nSPS) is 40.6. The molecule has 24 heavy (non-hydrogen) atoms. The maximum Gasteiger partial charge on any atom is 0.119 e. The largest absolute Gasteiger partial charge is 0.497 e. The molecule has 0 radical (unpaired) electrons. The van der Waals surface area contributed by atoms with E-state index in [0.717, 1.165) is 37.4 Å². The standard InChI is InChI=1S/C21H31NO2/c1-20-9-7-17-16-6-4-15(24-2)13-14(16)3-5-18(17)19(20)8-10-21(20,23)11-12-22/h4,6,13,17-19,23H,3,5,7-12,22H2,1-2H3. The van der Waals surface area contributed by atoms with Crippen molar-refractivity contribution in [3.63, 3.8) is 0 Å². The van der Waals surface area contributed by atoms with Crippen LogP contribution in [0.15, 0.2) is 18.2 Å². The molecule has 3 aliphatic rings. The molecule has 3 N–H and O–H groups in total. The summed E-state index contributed by atoms with van der Waals surface area (Å²) in [5, 5.41) is 11.3. The van der Waals surface area contributed by atoms with Crippen LogP contribution < -0.4 is 10.5 Å². The molecule has 4 rings (SSSR count). The van der Waals surface area contributed by atoms with E-state index in [9.17, 15) is 5.11 Å². The number of benzene rings is 1. The van der Waals surface area contributed by atoms with E-state index >= 15 is 0 Å². The molecule has 1 aromatic carbocycles. The number of hydrogen-bond donors (Lipinski definition) is 2. The Morgan fingerprint density at radius 1 is 1.25 bits per heavy atom. The van der Waals surface area contributed by atoms with Gasteiger partial charge in [-0.15, -0.1) is 0 Å². The first-order valence-electron chi connectivity index (χ1n) is 9.62. The maximum absolute atomic E-state index is 11.3. The molecule has 0 aromatic heterocycles. The number of methoxy groups -OCH3 is 1. The Morgan fingerprint density at radius 2 is 2.08 bits per heavy atom. The molecule has 3 nitrogen and oxygen atoms in total. The van der Waals surface area contributed by atoms with Crippen LogP contribution in [0.1, 0.15) is 62.5 Å². The van der Waals surface area contributed by atoms with Gasteiger partial charge in [0.15, 0.2) is 0 Å². The van der Waals surface area contributed by atoms with Gasteiger partial charge in [-0.05, 0) is 97.9 Å². The Labute approximate surface area is 145 Å². The maximum atomic E-state index is 11.3. The van der Waals surface area contributed by atoms with Crippen molar-refractivity contribution < 1.29 is 9.84 Å². The van der Waals surface area contributed by atoms with Crippen LogP contribution in [0.3, 0.4) is 0 Å². The molecule has 0 bridgehead atoms. The van der Waals surface area contributed by atoms with E-state index in [1.807, 2.05) is 0 Å². The molecule has 0 heterocycles. The lowest BCUT2D eigenvalue weighted by Gasteiger charge is -2.53. The second-order valence-corrected chi connectivity index (χ2v) is 8.55.